The second kappa shape index (κ2) is 4.49. The second-order valence-corrected chi connectivity index (χ2v) is 4.02. The molecule has 2 aromatic heterocycles. The van der Waals surface area contributed by atoms with E-state index in [-0.39, 0.29) is 5.78 Å². The second-order valence-electron chi connectivity index (χ2n) is 4.02. The lowest BCUT2D eigenvalue weighted by atomic mass is 10.2. The van der Waals surface area contributed by atoms with E-state index in [1.54, 1.807) is 19.3 Å². The van der Waals surface area contributed by atoms with Gasteiger partial charge in [0.05, 0.1) is 11.9 Å². The van der Waals surface area contributed by atoms with Gasteiger partial charge in [-0.3, -0.25) is 9.48 Å². The zero-order chi connectivity index (χ0) is 13.2. The van der Waals surface area contributed by atoms with Crippen molar-refractivity contribution in [1.29, 1.82) is 0 Å². The summed E-state index contributed by atoms with van der Waals surface area (Å²) in [5.41, 5.74) is 1.60. The SMILES string of the molecule is Cn1nccc1C(=O)c1cnn(-c2ccccc2)n1. The fourth-order valence-electron chi connectivity index (χ4n) is 1.78. The molecule has 19 heavy (non-hydrogen) atoms. The van der Waals surface area contributed by atoms with Crippen molar-refractivity contribution in [1.82, 2.24) is 24.8 Å². The minimum atomic E-state index is -0.192. The number of para-hydroxylation sites is 1. The summed E-state index contributed by atoms with van der Waals surface area (Å²) in [6, 6.07) is 11.1. The Morgan fingerprint density at radius 1 is 1.11 bits per heavy atom. The summed E-state index contributed by atoms with van der Waals surface area (Å²) in [7, 11) is 1.72. The van der Waals surface area contributed by atoms with Crippen LogP contribution in [0.2, 0.25) is 0 Å². The molecule has 0 atom stereocenters. The molecule has 0 aliphatic heterocycles. The van der Waals surface area contributed by atoms with Gasteiger partial charge in [-0.25, -0.2) is 0 Å². The average molecular weight is 253 g/mol. The largest absolute Gasteiger partial charge is 0.285 e. The Balaban J connectivity index is 1.94. The highest BCUT2D eigenvalue weighted by atomic mass is 16.1. The van der Waals surface area contributed by atoms with Crippen molar-refractivity contribution >= 4 is 5.78 Å². The number of benzene rings is 1. The molecule has 0 amide bonds. The minimum absolute atomic E-state index is 0.192. The molecule has 0 aliphatic carbocycles. The molecular formula is C13H11N5O. The van der Waals surface area contributed by atoms with Gasteiger partial charge in [0.1, 0.15) is 5.69 Å². The van der Waals surface area contributed by atoms with Gasteiger partial charge in [0.2, 0.25) is 5.78 Å². The standard InChI is InChI=1S/C13H11N5O/c1-17-12(7-8-14-17)13(19)11-9-15-18(16-11)10-5-3-2-4-6-10/h2-9H,1H3. The van der Waals surface area contributed by atoms with E-state index in [4.69, 9.17) is 0 Å². The number of carbonyl (C=O) groups is 1. The summed E-state index contributed by atoms with van der Waals surface area (Å²) < 4.78 is 1.52. The third kappa shape index (κ3) is 2.03. The first-order valence-corrected chi connectivity index (χ1v) is 5.76. The van der Waals surface area contributed by atoms with E-state index in [0.717, 1.165) is 5.69 Å². The van der Waals surface area contributed by atoms with Gasteiger partial charge < -0.3 is 0 Å². The van der Waals surface area contributed by atoms with E-state index in [2.05, 4.69) is 15.3 Å². The lowest BCUT2D eigenvalue weighted by molar-refractivity contribution is 0.102. The van der Waals surface area contributed by atoms with Crippen molar-refractivity contribution in [3.05, 3.63) is 60.2 Å². The predicted molar refractivity (Wildman–Crippen MR) is 68.0 cm³/mol. The van der Waals surface area contributed by atoms with Crippen molar-refractivity contribution in [2.45, 2.75) is 0 Å². The summed E-state index contributed by atoms with van der Waals surface area (Å²) >= 11 is 0. The molecule has 0 spiro atoms. The van der Waals surface area contributed by atoms with Gasteiger partial charge >= 0.3 is 0 Å². The Bertz CT molecular complexity index is 713. The molecule has 94 valence electrons. The molecule has 3 rings (SSSR count). The topological polar surface area (TPSA) is 65.6 Å². The molecule has 0 fully saturated rings. The molecule has 0 radical (unpaired) electrons. The van der Waals surface area contributed by atoms with Gasteiger partial charge in [0.15, 0.2) is 5.69 Å². The first-order valence-electron chi connectivity index (χ1n) is 5.76. The van der Waals surface area contributed by atoms with Gasteiger partial charge in [-0.1, -0.05) is 18.2 Å². The van der Waals surface area contributed by atoms with Crippen LogP contribution in [0.25, 0.3) is 5.69 Å². The first kappa shape index (κ1) is 11.3. The Labute approximate surface area is 109 Å². The third-order valence-corrected chi connectivity index (χ3v) is 2.77. The number of hydrogen-bond acceptors (Lipinski definition) is 4. The molecule has 6 heteroatoms. The van der Waals surface area contributed by atoms with E-state index < -0.39 is 0 Å². The van der Waals surface area contributed by atoms with Crippen molar-refractivity contribution in [2.24, 2.45) is 7.05 Å². The van der Waals surface area contributed by atoms with Crippen LogP contribution < -0.4 is 0 Å². The van der Waals surface area contributed by atoms with Gasteiger partial charge in [-0.15, -0.1) is 5.10 Å². The normalized spacial score (nSPS) is 10.6. The monoisotopic (exact) mass is 253 g/mol. The van der Waals surface area contributed by atoms with Crippen LogP contribution in [0.5, 0.6) is 0 Å². The van der Waals surface area contributed by atoms with Crippen LogP contribution >= 0.6 is 0 Å². The number of nitrogens with zero attached hydrogens (tertiary/aromatic N) is 5. The van der Waals surface area contributed by atoms with Gasteiger partial charge in [-0.05, 0) is 18.2 Å². The van der Waals surface area contributed by atoms with Crippen molar-refractivity contribution < 1.29 is 4.79 Å². The molecule has 0 aliphatic rings. The highest BCUT2D eigenvalue weighted by Gasteiger charge is 2.16. The van der Waals surface area contributed by atoms with E-state index in [1.807, 2.05) is 30.3 Å². The van der Waals surface area contributed by atoms with Crippen molar-refractivity contribution in [3.63, 3.8) is 0 Å². The molecule has 3 aromatic rings. The van der Waals surface area contributed by atoms with Crippen molar-refractivity contribution in [3.8, 4) is 5.69 Å². The van der Waals surface area contributed by atoms with Crippen LogP contribution in [0.3, 0.4) is 0 Å². The van der Waals surface area contributed by atoms with E-state index in [0.29, 0.717) is 11.4 Å². The average Bonchev–Trinajstić information content (AvgIpc) is 3.08. The van der Waals surface area contributed by atoms with Crippen LogP contribution in [-0.2, 0) is 7.05 Å². The maximum absolute atomic E-state index is 12.2. The minimum Gasteiger partial charge on any atom is -0.285 e. The molecule has 6 nitrogen and oxygen atoms in total. The Morgan fingerprint density at radius 3 is 2.58 bits per heavy atom. The maximum Gasteiger partial charge on any atom is 0.232 e. The van der Waals surface area contributed by atoms with E-state index >= 15 is 0 Å². The van der Waals surface area contributed by atoms with Crippen LogP contribution in [0, 0.1) is 0 Å². The van der Waals surface area contributed by atoms with Gasteiger partial charge in [0, 0.05) is 13.2 Å². The quantitative estimate of drug-likeness (QED) is 0.658. The van der Waals surface area contributed by atoms with Crippen LogP contribution in [0.4, 0.5) is 0 Å². The smallest absolute Gasteiger partial charge is 0.232 e. The zero-order valence-electron chi connectivity index (χ0n) is 10.3. The molecule has 1 aromatic carbocycles. The van der Waals surface area contributed by atoms with Crippen LogP contribution in [0.1, 0.15) is 16.2 Å². The molecule has 0 bridgehead atoms. The molecule has 0 unspecified atom stereocenters. The first-order chi connectivity index (χ1) is 9.25. The number of ketones is 1. The molecular weight excluding hydrogens is 242 g/mol. The molecule has 0 saturated heterocycles. The van der Waals surface area contributed by atoms with E-state index in [9.17, 15) is 4.79 Å². The van der Waals surface area contributed by atoms with Crippen LogP contribution in [0.15, 0.2) is 48.8 Å². The van der Waals surface area contributed by atoms with E-state index in [1.165, 1.54) is 15.7 Å². The summed E-state index contributed by atoms with van der Waals surface area (Å²) in [5.74, 6) is -0.192. The zero-order valence-corrected chi connectivity index (χ0v) is 10.3. The van der Waals surface area contributed by atoms with Crippen LogP contribution in [-0.4, -0.2) is 30.6 Å². The molecule has 0 N–H and O–H groups in total. The summed E-state index contributed by atoms with van der Waals surface area (Å²) in [6.07, 6.45) is 3.04. The highest BCUT2D eigenvalue weighted by Crippen LogP contribution is 2.08. The Kier molecular flexibility index (Phi) is 2.68. The molecule has 2 heterocycles. The number of hydrogen-bond donors (Lipinski definition) is 0. The fraction of sp³-hybridized carbons (Fsp3) is 0.0769. The summed E-state index contributed by atoms with van der Waals surface area (Å²) in [5, 5.41) is 12.3. The molecule has 0 saturated carbocycles. The van der Waals surface area contributed by atoms with Crippen molar-refractivity contribution in [2.75, 3.05) is 0 Å². The Morgan fingerprint density at radius 2 is 1.89 bits per heavy atom. The number of carbonyl (C=O) groups excluding carboxylic acids is 1. The number of aryl methyl sites for hydroxylation is 1. The summed E-state index contributed by atoms with van der Waals surface area (Å²) in [6.45, 7) is 0. The lowest BCUT2D eigenvalue weighted by Gasteiger charge is -1.98. The van der Waals surface area contributed by atoms with Gasteiger partial charge in [0.25, 0.3) is 0 Å². The third-order valence-electron chi connectivity index (χ3n) is 2.77. The number of rotatable bonds is 3. The maximum atomic E-state index is 12.2. The predicted octanol–water partition coefficient (Wildman–Crippen LogP) is 1.23. The Hall–Kier alpha value is -2.76. The summed E-state index contributed by atoms with van der Waals surface area (Å²) in [4.78, 5) is 13.6. The van der Waals surface area contributed by atoms with Gasteiger partial charge in [-0.2, -0.15) is 15.0 Å². The highest BCUT2D eigenvalue weighted by molar-refractivity contribution is 6.06. The number of aromatic nitrogens is 5. The fourth-order valence-corrected chi connectivity index (χ4v) is 1.78. The lowest BCUT2D eigenvalue weighted by Crippen LogP contribution is -2.09.